The van der Waals surface area contributed by atoms with Crippen molar-refractivity contribution >= 4 is 11.2 Å². The molecule has 0 spiro atoms. The SMILES string of the molecule is O=c1oc2cccnc2n1CCn1ccnc1C(O)c1ccccc1. The highest BCUT2D eigenvalue weighted by Crippen LogP contribution is 2.20. The number of imidazole rings is 1. The molecule has 3 aromatic heterocycles. The van der Waals surface area contributed by atoms with Gasteiger partial charge in [-0.1, -0.05) is 30.3 Å². The van der Waals surface area contributed by atoms with Crippen molar-refractivity contribution in [1.29, 1.82) is 0 Å². The van der Waals surface area contributed by atoms with Gasteiger partial charge in [-0.2, -0.15) is 0 Å². The lowest BCUT2D eigenvalue weighted by Crippen LogP contribution is -2.19. The molecule has 3 heterocycles. The number of pyridine rings is 1. The third-order valence-electron chi connectivity index (χ3n) is 4.10. The third kappa shape index (κ3) is 2.85. The molecule has 1 N–H and O–H groups in total. The van der Waals surface area contributed by atoms with Crippen molar-refractivity contribution in [2.24, 2.45) is 0 Å². The highest BCUT2D eigenvalue weighted by atomic mass is 16.4. The van der Waals surface area contributed by atoms with E-state index in [2.05, 4.69) is 9.97 Å². The van der Waals surface area contributed by atoms with E-state index in [4.69, 9.17) is 4.42 Å². The molecule has 0 aliphatic carbocycles. The van der Waals surface area contributed by atoms with E-state index in [1.54, 1.807) is 30.7 Å². The number of hydrogen-bond donors (Lipinski definition) is 1. The van der Waals surface area contributed by atoms with Crippen LogP contribution in [0.25, 0.3) is 11.2 Å². The number of nitrogens with zero attached hydrogens (tertiary/aromatic N) is 4. The topological polar surface area (TPSA) is 86.1 Å². The van der Waals surface area contributed by atoms with Crippen LogP contribution in [0, 0.1) is 0 Å². The molecule has 4 aromatic rings. The molecule has 0 amide bonds. The zero-order valence-electron chi connectivity index (χ0n) is 13.3. The predicted molar refractivity (Wildman–Crippen MR) is 91.0 cm³/mol. The molecule has 0 bridgehead atoms. The van der Waals surface area contributed by atoms with E-state index in [-0.39, 0.29) is 0 Å². The Hall–Kier alpha value is -3.19. The first-order valence-electron chi connectivity index (χ1n) is 7.92. The molecule has 126 valence electrons. The number of benzene rings is 1. The van der Waals surface area contributed by atoms with Crippen LogP contribution >= 0.6 is 0 Å². The van der Waals surface area contributed by atoms with Gasteiger partial charge in [-0.3, -0.25) is 4.57 Å². The molecular formula is C18H16N4O3. The third-order valence-corrected chi connectivity index (χ3v) is 4.10. The van der Waals surface area contributed by atoms with Gasteiger partial charge < -0.3 is 14.1 Å². The summed E-state index contributed by atoms with van der Waals surface area (Å²) in [6.45, 7) is 0.831. The zero-order valence-corrected chi connectivity index (χ0v) is 13.3. The summed E-state index contributed by atoms with van der Waals surface area (Å²) in [6, 6.07) is 12.8. The molecule has 4 rings (SSSR count). The normalized spacial score (nSPS) is 12.5. The summed E-state index contributed by atoms with van der Waals surface area (Å²) in [5, 5.41) is 10.6. The first-order valence-corrected chi connectivity index (χ1v) is 7.92. The molecule has 0 saturated carbocycles. The van der Waals surface area contributed by atoms with E-state index in [0.717, 1.165) is 5.56 Å². The summed E-state index contributed by atoms with van der Waals surface area (Å²) in [5.41, 5.74) is 1.74. The van der Waals surface area contributed by atoms with E-state index < -0.39 is 11.9 Å². The molecule has 1 unspecified atom stereocenters. The van der Waals surface area contributed by atoms with Crippen LogP contribution in [0.15, 0.2) is 70.3 Å². The molecule has 1 atom stereocenters. The summed E-state index contributed by atoms with van der Waals surface area (Å²) < 4.78 is 8.49. The van der Waals surface area contributed by atoms with Crippen molar-refractivity contribution in [2.75, 3.05) is 0 Å². The van der Waals surface area contributed by atoms with E-state index >= 15 is 0 Å². The number of aryl methyl sites for hydroxylation is 2. The second kappa shape index (κ2) is 6.37. The maximum absolute atomic E-state index is 12.0. The van der Waals surface area contributed by atoms with Crippen LogP contribution in [0.5, 0.6) is 0 Å². The Balaban J connectivity index is 1.59. The number of aromatic nitrogens is 4. The Kier molecular flexibility index (Phi) is 3.91. The highest BCUT2D eigenvalue weighted by molar-refractivity contribution is 5.67. The highest BCUT2D eigenvalue weighted by Gasteiger charge is 2.17. The van der Waals surface area contributed by atoms with Crippen molar-refractivity contribution in [1.82, 2.24) is 19.1 Å². The fourth-order valence-corrected chi connectivity index (χ4v) is 2.85. The molecule has 0 radical (unpaired) electrons. The van der Waals surface area contributed by atoms with Gasteiger partial charge in [0.05, 0.1) is 0 Å². The minimum Gasteiger partial charge on any atom is -0.406 e. The Morgan fingerprint density at radius 1 is 1.04 bits per heavy atom. The molecule has 0 saturated heterocycles. The lowest BCUT2D eigenvalue weighted by atomic mass is 10.1. The molecule has 7 nitrogen and oxygen atoms in total. The van der Waals surface area contributed by atoms with Gasteiger partial charge in [-0.15, -0.1) is 0 Å². The second-order valence-electron chi connectivity index (χ2n) is 5.64. The van der Waals surface area contributed by atoms with Crippen LogP contribution < -0.4 is 5.76 Å². The number of rotatable bonds is 5. The van der Waals surface area contributed by atoms with Crippen LogP contribution in [0.1, 0.15) is 17.5 Å². The van der Waals surface area contributed by atoms with Crippen LogP contribution in [0.2, 0.25) is 0 Å². The van der Waals surface area contributed by atoms with Crippen molar-refractivity contribution < 1.29 is 9.52 Å². The van der Waals surface area contributed by atoms with Gasteiger partial charge >= 0.3 is 5.76 Å². The smallest absolute Gasteiger partial charge is 0.406 e. The molecule has 0 aliphatic heterocycles. The monoisotopic (exact) mass is 336 g/mol. The standard InChI is InChI=1S/C18H16N4O3/c23-15(13-5-2-1-3-6-13)17-20-9-10-21(17)11-12-22-16-14(25-18(22)24)7-4-8-19-16/h1-10,15,23H,11-12H2. The van der Waals surface area contributed by atoms with Crippen LogP contribution in [0.3, 0.4) is 0 Å². The number of hydrogen-bond acceptors (Lipinski definition) is 5. The van der Waals surface area contributed by atoms with E-state index in [9.17, 15) is 9.90 Å². The number of oxazole rings is 1. The van der Waals surface area contributed by atoms with Crippen molar-refractivity contribution in [2.45, 2.75) is 19.2 Å². The van der Waals surface area contributed by atoms with Gasteiger partial charge in [0.15, 0.2) is 11.2 Å². The minimum absolute atomic E-state index is 0.369. The Morgan fingerprint density at radius 3 is 2.72 bits per heavy atom. The maximum atomic E-state index is 12.0. The fraction of sp³-hybridized carbons (Fsp3) is 0.167. The van der Waals surface area contributed by atoms with Crippen molar-refractivity contribution in [3.8, 4) is 0 Å². The molecule has 25 heavy (non-hydrogen) atoms. The van der Waals surface area contributed by atoms with Crippen LogP contribution in [0.4, 0.5) is 0 Å². The molecular weight excluding hydrogens is 320 g/mol. The van der Waals surface area contributed by atoms with Gasteiger partial charge in [-0.05, 0) is 17.7 Å². The minimum atomic E-state index is -0.827. The molecule has 0 aliphatic rings. The molecule has 1 aromatic carbocycles. The van der Waals surface area contributed by atoms with Gasteiger partial charge in [-0.25, -0.2) is 14.8 Å². The number of fused-ring (bicyclic) bond motifs is 1. The Bertz CT molecular complexity index is 1050. The summed E-state index contributed by atoms with van der Waals surface area (Å²) in [7, 11) is 0. The summed E-state index contributed by atoms with van der Waals surface area (Å²) in [5.74, 6) is 0.0824. The maximum Gasteiger partial charge on any atom is 0.421 e. The lowest BCUT2D eigenvalue weighted by Gasteiger charge is -2.13. The Morgan fingerprint density at radius 2 is 1.88 bits per heavy atom. The number of aliphatic hydroxyl groups excluding tert-OH is 1. The first kappa shape index (κ1) is 15.3. The van der Waals surface area contributed by atoms with E-state index in [1.165, 1.54) is 4.57 Å². The lowest BCUT2D eigenvalue weighted by molar-refractivity contribution is 0.203. The van der Waals surface area contributed by atoms with Crippen molar-refractivity contribution in [3.63, 3.8) is 0 Å². The summed E-state index contributed by atoms with van der Waals surface area (Å²) >= 11 is 0. The second-order valence-corrected chi connectivity index (χ2v) is 5.64. The average Bonchev–Trinajstić information content (AvgIpc) is 3.23. The van der Waals surface area contributed by atoms with Gasteiger partial charge in [0.1, 0.15) is 11.9 Å². The predicted octanol–water partition coefficient (Wildman–Crippen LogP) is 1.97. The van der Waals surface area contributed by atoms with Crippen molar-refractivity contribution in [3.05, 3.63) is 83.0 Å². The van der Waals surface area contributed by atoms with E-state index in [1.807, 2.05) is 34.9 Å². The Labute approximate surface area is 142 Å². The van der Waals surface area contributed by atoms with E-state index in [0.29, 0.717) is 30.1 Å². The molecule has 0 fully saturated rings. The molecule has 7 heteroatoms. The fourth-order valence-electron chi connectivity index (χ4n) is 2.85. The van der Waals surface area contributed by atoms with Gasteiger partial charge in [0, 0.05) is 31.7 Å². The first-order chi connectivity index (χ1) is 12.2. The van der Waals surface area contributed by atoms with Crippen LogP contribution in [-0.2, 0) is 13.1 Å². The summed E-state index contributed by atoms with van der Waals surface area (Å²) in [6.07, 6.45) is 4.21. The largest absolute Gasteiger partial charge is 0.421 e. The van der Waals surface area contributed by atoms with Crippen LogP contribution in [-0.4, -0.2) is 24.2 Å². The summed E-state index contributed by atoms with van der Waals surface area (Å²) in [4.78, 5) is 20.5. The average molecular weight is 336 g/mol. The van der Waals surface area contributed by atoms with Gasteiger partial charge in [0.2, 0.25) is 0 Å². The van der Waals surface area contributed by atoms with Gasteiger partial charge in [0.25, 0.3) is 0 Å². The number of aliphatic hydroxyl groups is 1. The zero-order chi connectivity index (χ0) is 17.2. The quantitative estimate of drug-likeness (QED) is 0.602.